The van der Waals surface area contributed by atoms with Crippen LogP contribution in [0.25, 0.3) is 0 Å². The molecule has 19 heavy (non-hydrogen) atoms. The van der Waals surface area contributed by atoms with E-state index in [0.29, 0.717) is 6.04 Å². The minimum absolute atomic E-state index is 0.304. The van der Waals surface area contributed by atoms with Gasteiger partial charge in [0, 0.05) is 27.7 Å². The Labute approximate surface area is 130 Å². The molecule has 0 bridgehead atoms. The molecule has 0 aliphatic carbocycles. The first-order valence-electron chi connectivity index (χ1n) is 6.16. The SMILES string of the molecule is Cc1ccc([C@H](C)NCc2ncc(Br)cc2Br)cc1. The molecular weight excluding hydrogens is 368 g/mol. The Kier molecular flexibility index (Phi) is 5.13. The van der Waals surface area contributed by atoms with Crippen molar-refractivity contribution in [2.24, 2.45) is 0 Å². The van der Waals surface area contributed by atoms with Crippen LogP contribution in [0.3, 0.4) is 0 Å². The molecule has 0 aliphatic rings. The van der Waals surface area contributed by atoms with Gasteiger partial charge in [0.1, 0.15) is 0 Å². The zero-order valence-corrected chi connectivity index (χ0v) is 14.1. The number of nitrogens with zero attached hydrogens (tertiary/aromatic N) is 1. The number of aromatic nitrogens is 1. The second kappa shape index (κ2) is 6.64. The lowest BCUT2D eigenvalue weighted by Crippen LogP contribution is -2.19. The highest BCUT2D eigenvalue weighted by Gasteiger charge is 2.07. The number of aryl methyl sites for hydroxylation is 1. The van der Waals surface area contributed by atoms with Gasteiger partial charge in [-0.05, 0) is 57.3 Å². The number of benzene rings is 1. The second-order valence-corrected chi connectivity index (χ2v) is 6.37. The molecule has 100 valence electrons. The van der Waals surface area contributed by atoms with Crippen molar-refractivity contribution in [3.63, 3.8) is 0 Å². The van der Waals surface area contributed by atoms with E-state index in [1.165, 1.54) is 11.1 Å². The molecule has 0 saturated carbocycles. The van der Waals surface area contributed by atoms with E-state index in [2.05, 4.69) is 80.3 Å². The van der Waals surface area contributed by atoms with Gasteiger partial charge in [0.25, 0.3) is 0 Å². The second-order valence-electron chi connectivity index (χ2n) is 4.60. The van der Waals surface area contributed by atoms with Crippen molar-refractivity contribution in [3.8, 4) is 0 Å². The topological polar surface area (TPSA) is 24.9 Å². The number of hydrogen-bond donors (Lipinski definition) is 1. The number of rotatable bonds is 4. The summed E-state index contributed by atoms with van der Waals surface area (Å²) in [4.78, 5) is 4.40. The summed E-state index contributed by atoms with van der Waals surface area (Å²) in [6, 6.07) is 10.9. The van der Waals surface area contributed by atoms with Gasteiger partial charge < -0.3 is 5.32 Å². The summed E-state index contributed by atoms with van der Waals surface area (Å²) in [6.07, 6.45) is 1.82. The third-order valence-corrected chi connectivity index (χ3v) is 4.16. The molecular formula is C15H16Br2N2. The van der Waals surface area contributed by atoms with Gasteiger partial charge in [-0.3, -0.25) is 4.98 Å². The Morgan fingerprint density at radius 3 is 2.53 bits per heavy atom. The van der Waals surface area contributed by atoms with Crippen molar-refractivity contribution in [3.05, 3.63) is 62.3 Å². The van der Waals surface area contributed by atoms with E-state index in [-0.39, 0.29) is 0 Å². The molecule has 0 spiro atoms. The van der Waals surface area contributed by atoms with E-state index in [1.807, 2.05) is 12.3 Å². The third-order valence-electron chi connectivity index (χ3n) is 3.04. The quantitative estimate of drug-likeness (QED) is 0.822. The van der Waals surface area contributed by atoms with Gasteiger partial charge in [0.2, 0.25) is 0 Å². The van der Waals surface area contributed by atoms with Gasteiger partial charge in [-0.1, -0.05) is 29.8 Å². The predicted octanol–water partition coefficient (Wildman–Crippen LogP) is 4.77. The van der Waals surface area contributed by atoms with Gasteiger partial charge in [-0.25, -0.2) is 0 Å². The van der Waals surface area contributed by atoms with E-state index >= 15 is 0 Å². The third kappa shape index (κ3) is 4.13. The highest BCUT2D eigenvalue weighted by atomic mass is 79.9. The van der Waals surface area contributed by atoms with Crippen molar-refractivity contribution in [2.75, 3.05) is 0 Å². The Morgan fingerprint density at radius 2 is 1.89 bits per heavy atom. The minimum Gasteiger partial charge on any atom is -0.305 e. The zero-order chi connectivity index (χ0) is 13.8. The maximum Gasteiger partial charge on any atom is 0.0684 e. The van der Waals surface area contributed by atoms with E-state index < -0.39 is 0 Å². The van der Waals surface area contributed by atoms with Crippen molar-refractivity contribution >= 4 is 31.9 Å². The van der Waals surface area contributed by atoms with E-state index in [9.17, 15) is 0 Å². The van der Waals surface area contributed by atoms with Crippen molar-refractivity contribution in [1.82, 2.24) is 10.3 Å². The van der Waals surface area contributed by atoms with Crippen molar-refractivity contribution in [1.29, 1.82) is 0 Å². The maximum absolute atomic E-state index is 4.40. The summed E-state index contributed by atoms with van der Waals surface area (Å²) in [5.74, 6) is 0. The fraction of sp³-hybridized carbons (Fsp3) is 0.267. The molecule has 0 unspecified atom stereocenters. The normalized spacial score (nSPS) is 12.4. The lowest BCUT2D eigenvalue weighted by molar-refractivity contribution is 0.566. The van der Waals surface area contributed by atoms with Gasteiger partial charge in [-0.2, -0.15) is 0 Å². The summed E-state index contributed by atoms with van der Waals surface area (Å²) in [6.45, 7) is 5.01. The van der Waals surface area contributed by atoms with E-state index in [0.717, 1.165) is 21.2 Å². The summed E-state index contributed by atoms with van der Waals surface area (Å²) in [5, 5.41) is 3.49. The molecule has 0 amide bonds. The molecule has 1 aromatic carbocycles. The first kappa shape index (κ1) is 14.7. The molecule has 1 atom stereocenters. The van der Waals surface area contributed by atoms with Crippen molar-refractivity contribution in [2.45, 2.75) is 26.4 Å². The number of halogens is 2. The van der Waals surface area contributed by atoms with Crippen LogP contribution in [0.4, 0.5) is 0 Å². The first-order valence-corrected chi connectivity index (χ1v) is 7.74. The Morgan fingerprint density at radius 1 is 1.21 bits per heavy atom. The first-order chi connectivity index (χ1) is 9.06. The standard InChI is InChI=1S/C15H16Br2N2/c1-10-3-5-12(6-4-10)11(2)18-9-15-14(17)7-13(16)8-19-15/h3-8,11,18H,9H2,1-2H3/t11-/m0/s1. The van der Waals surface area contributed by atoms with Crippen molar-refractivity contribution < 1.29 is 0 Å². The van der Waals surface area contributed by atoms with Crippen LogP contribution in [0.5, 0.6) is 0 Å². The average molecular weight is 384 g/mol. The number of pyridine rings is 1. The van der Waals surface area contributed by atoms with Gasteiger partial charge in [-0.15, -0.1) is 0 Å². The zero-order valence-electron chi connectivity index (χ0n) is 11.0. The fourth-order valence-corrected chi connectivity index (χ4v) is 2.92. The fourth-order valence-electron chi connectivity index (χ4n) is 1.80. The molecule has 2 aromatic rings. The van der Waals surface area contributed by atoms with Crippen LogP contribution in [0, 0.1) is 6.92 Å². The molecule has 1 aromatic heterocycles. The summed E-state index contributed by atoms with van der Waals surface area (Å²) < 4.78 is 2.00. The van der Waals surface area contributed by atoms with Crippen LogP contribution in [-0.4, -0.2) is 4.98 Å². The molecule has 2 rings (SSSR count). The van der Waals surface area contributed by atoms with Crippen LogP contribution in [-0.2, 0) is 6.54 Å². The van der Waals surface area contributed by atoms with Crippen LogP contribution < -0.4 is 5.32 Å². The molecule has 4 heteroatoms. The molecule has 0 aliphatic heterocycles. The smallest absolute Gasteiger partial charge is 0.0684 e. The lowest BCUT2D eigenvalue weighted by Gasteiger charge is -2.15. The van der Waals surface area contributed by atoms with Crippen LogP contribution in [0.2, 0.25) is 0 Å². The largest absolute Gasteiger partial charge is 0.305 e. The molecule has 2 nitrogen and oxygen atoms in total. The molecule has 1 N–H and O–H groups in total. The summed E-state index contributed by atoms with van der Waals surface area (Å²) in [7, 11) is 0. The monoisotopic (exact) mass is 382 g/mol. The van der Waals surface area contributed by atoms with Crippen LogP contribution in [0.15, 0.2) is 45.5 Å². The summed E-state index contributed by atoms with van der Waals surface area (Å²) >= 11 is 6.94. The highest BCUT2D eigenvalue weighted by Crippen LogP contribution is 2.20. The Balaban J connectivity index is 2.00. The Bertz CT molecular complexity index is 553. The van der Waals surface area contributed by atoms with Crippen LogP contribution >= 0.6 is 31.9 Å². The highest BCUT2D eigenvalue weighted by molar-refractivity contribution is 9.11. The number of hydrogen-bond acceptors (Lipinski definition) is 2. The minimum atomic E-state index is 0.304. The lowest BCUT2D eigenvalue weighted by atomic mass is 10.1. The molecule has 0 saturated heterocycles. The Hall–Kier alpha value is -0.710. The van der Waals surface area contributed by atoms with Gasteiger partial charge >= 0.3 is 0 Å². The maximum atomic E-state index is 4.40. The number of nitrogens with one attached hydrogen (secondary N) is 1. The predicted molar refractivity (Wildman–Crippen MR) is 86.1 cm³/mol. The average Bonchev–Trinajstić information content (AvgIpc) is 2.38. The van der Waals surface area contributed by atoms with Gasteiger partial charge in [0.05, 0.1) is 5.69 Å². The van der Waals surface area contributed by atoms with E-state index in [1.54, 1.807) is 0 Å². The molecule has 0 radical (unpaired) electrons. The molecule has 0 fully saturated rings. The van der Waals surface area contributed by atoms with Gasteiger partial charge in [0.15, 0.2) is 0 Å². The van der Waals surface area contributed by atoms with E-state index in [4.69, 9.17) is 0 Å². The summed E-state index contributed by atoms with van der Waals surface area (Å²) in [5.41, 5.74) is 3.59. The molecule has 1 heterocycles. The van der Waals surface area contributed by atoms with Crippen LogP contribution in [0.1, 0.15) is 29.8 Å².